The average Bonchev–Trinajstić information content (AvgIpc) is 2.61. The lowest BCUT2D eigenvalue weighted by Crippen LogP contribution is -2.42. The maximum absolute atomic E-state index is 12.7. The summed E-state index contributed by atoms with van der Waals surface area (Å²) in [6.07, 6.45) is 3.42. The molecule has 1 atom stereocenters. The third-order valence-corrected chi connectivity index (χ3v) is 5.32. The Morgan fingerprint density at radius 2 is 2.00 bits per heavy atom. The third kappa shape index (κ3) is 4.09. The van der Waals surface area contributed by atoms with E-state index in [2.05, 4.69) is 29.5 Å². The SMILES string of the molecule is CC1CCCCN1C(=O)c1ccc(OCc2ccccc2)c(I)c1. The van der Waals surface area contributed by atoms with E-state index in [1.165, 1.54) is 6.42 Å². The van der Waals surface area contributed by atoms with Crippen LogP contribution in [0.5, 0.6) is 5.75 Å². The number of nitrogens with zero attached hydrogens (tertiary/aromatic N) is 1. The highest BCUT2D eigenvalue weighted by molar-refractivity contribution is 14.1. The van der Waals surface area contributed by atoms with Crippen molar-refractivity contribution in [1.82, 2.24) is 4.90 Å². The van der Waals surface area contributed by atoms with Crippen LogP contribution in [0.15, 0.2) is 48.5 Å². The number of likely N-dealkylation sites (tertiary alicyclic amines) is 1. The maximum Gasteiger partial charge on any atom is 0.254 e. The topological polar surface area (TPSA) is 29.5 Å². The smallest absolute Gasteiger partial charge is 0.254 e. The Kier molecular flexibility index (Phi) is 5.76. The minimum absolute atomic E-state index is 0.134. The van der Waals surface area contributed by atoms with Crippen molar-refractivity contribution in [2.24, 2.45) is 0 Å². The minimum atomic E-state index is 0.134. The predicted molar refractivity (Wildman–Crippen MR) is 104 cm³/mol. The molecule has 4 heteroatoms. The van der Waals surface area contributed by atoms with Gasteiger partial charge < -0.3 is 9.64 Å². The largest absolute Gasteiger partial charge is 0.488 e. The molecule has 3 rings (SSSR count). The zero-order valence-electron chi connectivity index (χ0n) is 13.9. The Bertz CT molecular complexity index is 702. The summed E-state index contributed by atoms with van der Waals surface area (Å²) in [4.78, 5) is 14.7. The Hall–Kier alpha value is -1.56. The molecule has 1 amide bonds. The van der Waals surface area contributed by atoms with E-state index in [1.807, 2.05) is 53.4 Å². The second kappa shape index (κ2) is 8.01. The highest BCUT2D eigenvalue weighted by Gasteiger charge is 2.24. The predicted octanol–water partition coefficient (Wildman–Crippen LogP) is 4.88. The van der Waals surface area contributed by atoms with Crippen molar-refractivity contribution in [2.45, 2.75) is 38.8 Å². The van der Waals surface area contributed by atoms with Crippen LogP contribution in [0.2, 0.25) is 0 Å². The van der Waals surface area contributed by atoms with Crippen molar-refractivity contribution < 1.29 is 9.53 Å². The molecular formula is C20H22INO2. The van der Waals surface area contributed by atoms with Gasteiger partial charge in [0.1, 0.15) is 12.4 Å². The Morgan fingerprint density at radius 3 is 2.71 bits per heavy atom. The van der Waals surface area contributed by atoms with E-state index in [0.29, 0.717) is 12.6 Å². The van der Waals surface area contributed by atoms with Gasteiger partial charge in [0.05, 0.1) is 3.57 Å². The molecule has 3 nitrogen and oxygen atoms in total. The fourth-order valence-corrected chi connectivity index (χ4v) is 3.72. The van der Waals surface area contributed by atoms with Gasteiger partial charge in [0, 0.05) is 18.2 Å². The van der Waals surface area contributed by atoms with Crippen molar-refractivity contribution in [2.75, 3.05) is 6.54 Å². The van der Waals surface area contributed by atoms with Gasteiger partial charge in [-0.3, -0.25) is 4.79 Å². The van der Waals surface area contributed by atoms with Crippen LogP contribution in [0.25, 0.3) is 0 Å². The molecule has 1 heterocycles. The summed E-state index contributed by atoms with van der Waals surface area (Å²) >= 11 is 2.24. The lowest BCUT2D eigenvalue weighted by molar-refractivity contribution is 0.0635. The standard InChI is InChI=1S/C20H22INO2/c1-15-7-5-6-12-22(15)20(23)17-10-11-19(18(21)13-17)24-14-16-8-3-2-4-9-16/h2-4,8-11,13,15H,5-7,12,14H2,1H3. The number of benzene rings is 2. The first-order valence-corrected chi connectivity index (χ1v) is 9.50. The first-order valence-electron chi connectivity index (χ1n) is 8.42. The summed E-state index contributed by atoms with van der Waals surface area (Å²) in [5.41, 5.74) is 1.89. The van der Waals surface area contributed by atoms with Gasteiger partial charge in [0.15, 0.2) is 0 Å². The molecule has 1 aliphatic heterocycles. The van der Waals surface area contributed by atoms with Crippen LogP contribution in [0.1, 0.15) is 42.1 Å². The Balaban J connectivity index is 1.69. The van der Waals surface area contributed by atoms with Gasteiger partial charge >= 0.3 is 0 Å². The van der Waals surface area contributed by atoms with E-state index in [9.17, 15) is 4.79 Å². The third-order valence-electron chi connectivity index (χ3n) is 4.48. The molecule has 0 spiro atoms. The van der Waals surface area contributed by atoms with Crippen molar-refractivity contribution in [3.63, 3.8) is 0 Å². The molecule has 1 fully saturated rings. The fraction of sp³-hybridized carbons (Fsp3) is 0.350. The van der Waals surface area contributed by atoms with Gasteiger partial charge in [0.2, 0.25) is 0 Å². The monoisotopic (exact) mass is 435 g/mol. The lowest BCUT2D eigenvalue weighted by atomic mass is 10.0. The van der Waals surface area contributed by atoms with Gasteiger partial charge in [-0.05, 0) is 72.5 Å². The van der Waals surface area contributed by atoms with E-state index < -0.39 is 0 Å². The summed E-state index contributed by atoms with van der Waals surface area (Å²) < 4.78 is 6.86. The number of halogens is 1. The Labute approximate surface area is 157 Å². The number of carbonyl (C=O) groups excluding carboxylic acids is 1. The van der Waals surface area contributed by atoms with Gasteiger partial charge in [-0.25, -0.2) is 0 Å². The van der Waals surface area contributed by atoms with Gasteiger partial charge in [0.25, 0.3) is 5.91 Å². The zero-order chi connectivity index (χ0) is 16.9. The summed E-state index contributed by atoms with van der Waals surface area (Å²) in [5.74, 6) is 0.956. The highest BCUT2D eigenvalue weighted by atomic mass is 127. The maximum atomic E-state index is 12.7. The van der Waals surface area contributed by atoms with E-state index in [0.717, 1.165) is 39.8 Å². The molecule has 2 aromatic carbocycles. The van der Waals surface area contributed by atoms with Crippen LogP contribution in [0.3, 0.4) is 0 Å². The van der Waals surface area contributed by atoms with Crippen molar-refractivity contribution in [3.05, 3.63) is 63.2 Å². The van der Waals surface area contributed by atoms with Crippen molar-refractivity contribution >= 4 is 28.5 Å². The highest BCUT2D eigenvalue weighted by Crippen LogP contribution is 2.25. The second-order valence-electron chi connectivity index (χ2n) is 6.26. The molecule has 1 unspecified atom stereocenters. The van der Waals surface area contributed by atoms with Crippen LogP contribution in [0, 0.1) is 3.57 Å². The van der Waals surface area contributed by atoms with Crippen molar-refractivity contribution in [3.8, 4) is 5.75 Å². The number of hydrogen-bond acceptors (Lipinski definition) is 2. The summed E-state index contributed by atoms with van der Waals surface area (Å²) in [7, 11) is 0. The molecule has 24 heavy (non-hydrogen) atoms. The number of ether oxygens (including phenoxy) is 1. The van der Waals surface area contributed by atoms with E-state index >= 15 is 0 Å². The van der Waals surface area contributed by atoms with Crippen LogP contribution in [-0.4, -0.2) is 23.4 Å². The van der Waals surface area contributed by atoms with Gasteiger partial charge in [-0.2, -0.15) is 0 Å². The molecule has 2 aromatic rings. The molecule has 0 radical (unpaired) electrons. The first kappa shape index (κ1) is 17.3. The number of piperidine rings is 1. The van der Waals surface area contributed by atoms with E-state index in [4.69, 9.17) is 4.74 Å². The minimum Gasteiger partial charge on any atom is -0.488 e. The van der Waals surface area contributed by atoms with Crippen LogP contribution in [0.4, 0.5) is 0 Å². The summed E-state index contributed by atoms with van der Waals surface area (Å²) in [5, 5.41) is 0. The fourth-order valence-electron chi connectivity index (χ4n) is 3.05. The van der Waals surface area contributed by atoms with Gasteiger partial charge in [-0.1, -0.05) is 30.3 Å². The van der Waals surface area contributed by atoms with Gasteiger partial charge in [-0.15, -0.1) is 0 Å². The molecule has 0 aliphatic carbocycles. The number of hydrogen-bond donors (Lipinski definition) is 0. The zero-order valence-corrected chi connectivity index (χ0v) is 16.0. The molecule has 126 valence electrons. The number of amides is 1. The molecule has 1 aliphatic rings. The molecule has 0 bridgehead atoms. The number of carbonyl (C=O) groups is 1. The summed E-state index contributed by atoms with van der Waals surface area (Å²) in [6, 6.07) is 16.2. The molecule has 1 saturated heterocycles. The Morgan fingerprint density at radius 1 is 1.21 bits per heavy atom. The van der Waals surface area contributed by atoms with Crippen LogP contribution < -0.4 is 4.74 Å². The van der Waals surface area contributed by atoms with Crippen molar-refractivity contribution in [1.29, 1.82) is 0 Å². The first-order chi connectivity index (χ1) is 11.6. The summed E-state index contributed by atoms with van der Waals surface area (Å²) in [6.45, 7) is 3.54. The average molecular weight is 435 g/mol. The van der Waals surface area contributed by atoms with E-state index in [-0.39, 0.29) is 5.91 Å². The lowest BCUT2D eigenvalue weighted by Gasteiger charge is -2.33. The molecule has 0 aromatic heterocycles. The van der Waals surface area contributed by atoms with E-state index in [1.54, 1.807) is 0 Å². The molecule has 0 N–H and O–H groups in total. The quantitative estimate of drug-likeness (QED) is 0.641. The molecule has 0 saturated carbocycles. The normalized spacial score (nSPS) is 17.6. The second-order valence-corrected chi connectivity index (χ2v) is 7.43. The van der Waals surface area contributed by atoms with Crippen LogP contribution in [-0.2, 0) is 6.61 Å². The molecular weight excluding hydrogens is 413 g/mol. The van der Waals surface area contributed by atoms with Crippen LogP contribution >= 0.6 is 22.6 Å². The number of rotatable bonds is 4.